The number of methoxy groups -OCH3 is 1. The normalized spacial score (nSPS) is 11.3. The van der Waals surface area contributed by atoms with E-state index < -0.39 is 0 Å². The molecule has 114 valence electrons. The minimum atomic E-state index is 0.149. The minimum Gasteiger partial charge on any atom is -0.497 e. The second-order valence-electron chi connectivity index (χ2n) is 5.00. The summed E-state index contributed by atoms with van der Waals surface area (Å²) in [6, 6.07) is 7.84. The summed E-state index contributed by atoms with van der Waals surface area (Å²) < 4.78 is 5.20. The van der Waals surface area contributed by atoms with Crippen molar-refractivity contribution in [1.29, 1.82) is 0 Å². The number of pyridine rings is 1. The van der Waals surface area contributed by atoms with Gasteiger partial charge in [-0.2, -0.15) is 0 Å². The SMILES string of the molecule is CCCN(CCO)Cc1cc2ccc(OC)cc2nc1Cl. The lowest BCUT2D eigenvalue weighted by atomic mass is 10.1. The first-order valence-corrected chi connectivity index (χ1v) is 7.52. The Balaban J connectivity index is 2.29. The predicted octanol–water partition coefficient (Wildman–Crippen LogP) is 3.10. The molecular formula is C16H21ClN2O2. The van der Waals surface area contributed by atoms with Crippen molar-refractivity contribution in [2.45, 2.75) is 19.9 Å². The molecule has 0 fully saturated rings. The lowest BCUT2D eigenvalue weighted by molar-refractivity contribution is 0.190. The van der Waals surface area contributed by atoms with Crippen molar-refractivity contribution in [3.63, 3.8) is 0 Å². The standard InChI is InChI=1S/C16H21ClN2O2/c1-3-6-19(7-8-20)11-13-9-12-4-5-14(21-2)10-15(12)18-16(13)17/h4-5,9-10,20H,3,6-8,11H2,1-2H3. The highest BCUT2D eigenvalue weighted by atomic mass is 35.5. The molecule has 0 atom stereocenters. The van der Waals surface area contributed by atoms with Gasteiger partial charge in [-0.1, -0.05) is 18.5 Å². The predicted molar refractivity (Wildman–Crippen MR) is 86.0 cm³/mol. The van der Waals surface area contributed by atoms with E-state index in [1.54, 1.807) is 7.11 Å². The number of rotatable bonds is 7. The smallest absolute Gasteiger partial charge is 0.134 e. The fraction of sp³-hybridized carbons (Fsp3) is 0.438. The number of ether oxygens (including phenoxy) is 1. The van der Waals surface area contributed by atoms with E-state index >= 15 is 0 Å². The third-order valence-corrected chi connectivity index (χ3v) is 3.73. The van der Waals surface area contributed by atoms with E-state index in [0.717, 1.165) is 35.2 Å². The van der Waals surface area contributed by atoms with Gasteiger partial charge in [-0.25, -0.2) is 4.98 Å². The average Bonchev–Trinajstić information content (AvgIpc) is 2.48. The Morgan fingerprint density at radius 2 is 2.10 bits per heavy atom. The first kappa shape index (κ1) is 16.0. The number of hydrogen-bond acceptors (Lipinski definition) is 4. The van der Waals surface area contributed by atoms with Crippen LogP contribution in [0.15, 0.2) is 24.3 Å². The van der Waals surface area contributed by atoms with Gasteiger partial charge in [-0.05, 0) is 31.2 Å². The molecular weight excluding hydrogens is 288 g/mol. The summed E-state index contributed by atoms with van der Waals surface area (Å²) in [6.07, 6.45) is 1.04. The summed E-state index contributed by atoms with van der Waals surface area (Å²) in [4.78, 5) is 6.63. The van der Waals surface area contributed by atoms with Crippen molar-refractivity contribution >= 4 is 22.5 Å². The quantitative estimate of drug-likeness (QED) is 0.798. The van der Waals surface area contributed by atoms with Crippen molar-refractivity contribution in [1.82, 2.24) is 9.88 Å². The molecule has 4 nitrogen and oxygen atoms in total. The van der Waals surface area contributed by atoms with Crippen LogP contribution in [0.25, 0.3) is 10.9 Å². The summed E-state index contributed by atoms with van der Waals surface area (Å²) in [5, 5.41) is 10.7. The van der Waals surface area contributed by atoms with Crippen molar-refractivity contribution in [2.24, 2.45) is 0 Å². The summed E-state index contributed by atoms with van der Waals surface area (Å²) in [7, 11) is 1.63. The Hall–Kier alpha value is -1.36. The average molecular weight is 309 g/mol. The zero-order valence-electron chi connectivity index (χ0n) is 12.5. The van der Waals surface area contributed by atoms with Gasteiger partial charge in [0, 0.05) is 30.1 Å². The van der Waals surface area contributed by atoms with Crippen molar-refractivity contribution in [2.75, 3.05) is 26.8 Å². The van der Waals surface area contributed by atoms with Crippen LogP contribution in [0.4, 0.5) is 0 Å². The van der Waals surface area contributed by atoms with E-state index in [2.05, 4.69) is 22.9 Å². The fourth-order valence-electron chi connectivity index (χ4n) is 2.37. The number of benzene rings is 1. The van der Waals surface area contributed by atoms with Gasteiger partial charge in [-0.15, -0.1) is 0 Å². The highest BCUT2D eigenvalue weighted by Crippen LogP contribution is 2.25. The number of halogens is 1. The molecule has 5 heteroatoms. The van der Waals surface area contributed by atoms with Gasteiger partial charge in [0.2, 0.25) is 0 Å². The Labute approximate surface area is 130 Å². The minimum absolute atomic E-state index is 0.149. The third-order valence-electron chi connectivity index (χ3n) is 3.40. The monoisotopic (exact) mass is 308 g/mol. The van der Waals surface area contributed by atoms with Gasteiger partial charge in [0.1, 0.15) is 10.9 Å². The van der Waals surface area contributed by atoms with Gasteiger partial charge in [0.15, 0.2) is 0 Å². The Morgan fingerprint density at radius 1 is 1.29 bits per heavy atom. The topological polar surface area (TPSA) is 45.6 Å². The van der Waals surface area contributed by atoms with Gasteiger partial charge in [0.05, 0.1) is 19.2 Å². The molecule has 0 aliphatic rings. The number of aliphatic hydroxyl groups is 1. The number of nitrogens with zero attached hydrogens (tertiary/aromatic N) is 2. The molecule has 0 saturated heterocycles. The number of aromatic nitrogens is 1. The highest BCUT2D eigenvalue weighted by molar-refractivity contribution is 6.30. The largest absolute Gasteiger partial charge is 0.497 e. The summed E-state index contributed by atoms with van der Waals surface area (Å²) in [5.41, 5.74) is 1.81. The van der Waals surface area contributed by atoms with Crippen LogP contribution >= 0.6 is 11.6 Å². The zero-order chi connectivity index (χ0) is 15.2. The summed E-state index contributed by atoms with van der Waals surface area (Å²) in [5.74, 6) is 0.770. The van der Waals surface area contributed by atoms with Crippen LogP contribution in [0.1, 0.15) is 18.9 Å². The molecule has 0 radical (unpaired) electrons. The molecule has 0 saturated carbocycles. The van der Waals surface area contributed by atoms with Crippen LogP contribution in [0.5, 0.6) is 5.75 Å². The van der Waals surface area contributed by atoms with E-state index in [0.29, 0.717) is 18.2 Å². The molecule has 2 aromatic rings. The van der Waals surface area contributed by atoms with Crippen LogP contribution in [0.2, 0.25) is 5.15 Å². The maximum absolute atomic E-state index is 9.14. The Morgan fingerprint density at radius 3 is 2.76 bits per heavy atom. The molecule has 0 unspecified atom stereocenters. The van der Waals surface area contributed by atoms with Crippen molar-refractivity contribution in [3.05, 3.63) is 35.0 Å². The first-order valence-electron chi connectivity index (χ1n) is 7.14. The van der Waals surface area contributed by atoms with Crippen LogP contribution < -0.4 is 4.74 Å². The molecule has 1 N–H and O–H groups in total. The van der Waals surface area contributed by atoms with Crippen molar-refractivity contribution < 1.29 is 9.84 Å². The zero-order valence-corrected chi connectivity index (χ0v) is 13.2. The van der Waals surface area contributed by atoms with Crippen LogP contribution in [0.3, 0.4) is 0 Å². The van der Waals surface area contributed by atoms with Gasteiger partial charge < -0.3 is 9.84 Å². The molecule has 1 heterocycles. The van der Waals surface area contributed by atoms with Gasteiger partial charge in [-0.3, -0.25) is 4.90 Å². The van der Waals surface area contributed by atoms with Crippen LogP contribution in [0, 0.1) is 0 Å². The van der Waals surface area contributed by atoms with Gasteiger partial charge >= 0.3 is 0 Å². The van der Waals surface area contributed by atoms with Crippen LogP contribution in [-0.2, 0) is 6.54 Å². The molecule has 2 rings (SSSR count). The number of aliphatic hydroxyl groups excluding tert-OH is 1. The maximum atomic E-state index is 9.14. The molecule has 0 aliphatic carbocycles. The molecule has 0 bridgehead atoms. The highest BCUT2D eigenvalue weighted by Gasteiger charge is 2.10. The van der Waals surface area contributed by atoms with E-state index in [-0.39, 0.29) is 6.61 Å². The van der Waals surface area contributed by atoms with Crippen LogP contribution in [-0.4, -0.2) is 41.8 Å². The lowest BCUT2D eigenvalue weighted by Gasteiger charge is -2.21. The third kappa shape index (κ3) is 4.06. The molecule has 1 aromatic heterocycles. The Kier molecular flexibility index (Phi) is 5.79. The molecule has 0 aliphatic heterocycles. The molecule has 1 aromatic carbocycles. The summed E-state index contributed by atoms with van der Waals surface area (Å²) in [6.45, 7) is 4.54. The maximum Gasteiger partial charge on any atom is 0.134 e. The van der Waals surface area contributed by atoms with E-state index in [1.165, 1.54) is 0 Å². The molecule has 0 spiro atoms. The van der Waals surface area contributed by atoms with E-state index in [1.807, 2.05) is 18.2 Å². The fourth-order valence-corrected chi connectivity index (χ4v) is 2.58. The van der Waals surface area contributed by atoms with E-state index in [9.17, 15) is 0 Å². The van der Waals surface area contributed by atoms with E-state index in [4.69, 9.17) is 21.4 Å². The Bertz CT molecular complexity index is 598. The number of fused-ring (bicyclic) bond motifs is 1. The number of hydrogen-bond donors (Lipinski definition) is 1. The second kappa shape index (κ2) is 7.59. The summed E-state index contributed by atoms with van der Waals surface area (Å²) >= 11 is 6.30. The second-order valence-corrected chi connectivity index (χ2v) is 5.35. The molecule has 0 amide bonds. The molecule has 21 heavy (non-hydrogen) atoms. The van der Waals surface area contributed by atoms with Gasteiger partial charge in [0.25, 0.3) is 0 Å². The van der Waals surface area contributed by atoms with Crippen molar-refractivity contribution in [3.8, 4) is 5.75 Å². The lowest BCUT2D eigenvalue weighted by Crippen LogP contribution is -2.27. The first-order chi connectivity index (χ1) is 10.2.